The van der Waals surface area contributed by atoms with Gasteiger partial charge in [0.25, 0.3) is 0 Å². The average Bonchev–Trinajstić information content (AvgIpc) is 3.43. The van der Waals surface area contributed by atoms with Crippen LogP contribution in [-0.2, 0) is 12.6 Å². The molecule has 0 atom stereocenters. The van der Waals surface area contributed by atoms with Crippen molar-refractivity contribution in [2.24, 2.45) is 5.92 Å². The topological polar surface area (TPSA) is 82.0 Å². The quantitative estimate of drug-likeness (QED) is 0.513. The van der Waals surface area contributed by atoms with Gasteiger partial charge in [0.1, 0.15) is 5.69 Å². The van der Waals surface area contributed by atoms with Crippen molar-refractivity contribution in [1.29, 1.82) is 0 Å². The molecular formula is C22H19F3N6. The fraction of sp³-hybridized carbons (Fsp3) is 0.273. The van der Waals surface area contributed by atoms with Gasteiger partial charge in [-0.05, 0) is 43.4 Å². The second-order valence-electron chi connectivity index (χ2n) is 7.85. The maximum atomic E-state index is 13.5. The Bertz CT molecular complexity index is 1280. The van der Waals surface area contributed by atoms with Crippen molar-refractivity contribution in [2.45, 2.75) is 32.4 Å². The Morgan fingerprint density at radius 1 is 1.03 bits per heavy atom. The van der Waals surface area contributed by atoms with Gasteiger partial charge < -0.3 is 5.73 Å². The molecule has 0 aliphatic heterocycles. The van der Waals surface area contributed by atoms with Gasteiger partial charge in [-0.25, -0.2) is 15.0 Å². The fourth-order valence-corrected chi connectivity index (χ4v) is 3.70. The number of nitrogens with two attached hydrogens (primary N) is 1. The number of aryl methyl sites for hydroxylation is 1. The van der Waals surface area contributed by atoms with E-state index in [0.717, 1.165) is 24.5 Å². The van der Waals surface area contributed by atoms with Crippen LogP contribution in [0.2, 0.25) is 0 Å². The molecule has 0 radical (unpaired) electrons. The number of anilines is 1. The Labute approximate surface area is 176 Å². The highest BCUT2D eigenvalue weighted by atomic mass is 19.4. The van der Waals surface area contributed by atoms with E-state index in [-0.39, 0.29) is 11.6 Å². The van der Waals surface area contributed by atoms with E-state index < -0.39 is 11.9 Å². The number of pyridine rings is 1. The standard InChI is InChI=1S/C22H19F3N6/c1-12-9-15(11-16(27-12)22(23,24)25)18-19(14-5-3-2-4-6-14)29-21(26)31-20(18)28-17(30-31)10-13-7-8-13/h2-6,9,11,13H,7-8,10H2,1H3,(H2,26,29). The summed E-state index contributed by atoms with van der Waals surface area (Å²) in [5, 5.41) is 4.49. The second kappa shape index (κ2) is 7.04. The van der Waals surface area contributed by atoms with Crippen LogP contribution in [0.1, 0.15) is 30.1 Å². The van der Waals surface area contributed by atoms with Gasteiger partial charge in [0, 0.05) is 17.7 Å². The Morgan fingerprint density at radius 2 is 1.77 bits per heavy atom. The first-order chi connectivity index (χ1) is 14.8. The highest BCUT2D eigenvalue weighted by Gasteiger charge is 2.34. The molecule has 5 rings (SSSR count). The van der Waals surface area contributed by atoms with Crippen molar-refractivity contribution in [2.75, 3.05) is 5.73 Å². The molecule has 6 nitrogen and oxygen atoms in total. The summed E-state index contributed by atoms with van der Waals surface area (Å²) >= 11 is 0. The van der Waals surface area contributed by atoms with Crippen LogP contribution < -0.4 is 5.73 Å². The zero-order chi connectivity index (χ0) is 21.8. The SMILES string of the molecule is Cc1cc(-c2c(-c3ccccc3)nc(N)n3nc(CC4CC4)nc23)cc(C(F)(F)F)n1. The molecule has 1 saturated carbocycles. The lowest BCUT2D eigenvalue weighted by Gasteiger charge is -2.14. The smallest absolute Gasteiger partial charge is 0.368 e. The summed E-state index contributed by atoms with van der Waals surface area (Å²) in [5.74, 6) is 1.29. The monoisotopic (exact) mass is 424 g/mol. The van der Waals surface area contributed by atoms with Gasteiger partial charge in [0.15, 0.2) is 11.5 Å². The van der Waals surface area contributed by atoms with Crippen LogP contribution in [0.4, 0.5) is 19.1 Å². The largest absolute Gasteiger partial charge is 0.433 e. The summed E-state index contributed by atoms with van der Waals surface area (Å²) in [7, 11) is 0. The number of halogens is 3. The number of aromatic nitrogens is 5. The number of benzene rings is 1. The van der Waals surface area contributed by atoms with Gasteiger partial charge in [-0.3, -0.25) is 0 Å². The second-order valence-corrected chi connectivity index (χ2v) is 7.85. The highest BCUT2D eigenvalue weighted by molar-refractivity contribution is 5.90. The van der Waals surface area contributed by atoms with Crippen molar-refractivity contribution in [3.05, 3.63) is 59.7 Å². The molecule has 0 saturated heterocycles. The van der Waals surface area contributed by atoms with Crippen LogP contribution in [0.25, 0.3) is 28.0 Å². The van der Waals surface area contributed by atoms with Crippen molar-refractivity contribution in [3.8, 4) is 22.4 Å². The molecule has 0 bridgehead atoms. The first-order valence-corrected chi connectivity index (χ1v) is 9.96. The summed E-state index contributed by atoms with van der Waals surface area (Å²) in [6.45, 7) is 1.53. The predicted octanol–water partition coefficient (Wildman–Crippen LogP) is 4.72. The van der Waals surface area contributed by atoms with Crippen LogP contribution >= 0.6 is 0 Å². The summed E-state index contributed by atoms with van der Waals surface area (Å²) in [6.07, 6.45) is -1.60. The third-order valence-corrected chi connectivity index (χ3v) is 5.30. The summed E-state index contributed by atoms with van der Waals surface area (Å²) in [5.41, 5.74) is 7.81. The van der Waals surface area contributed by atoms with Gasteiger partial charge in [0.05, 0.1) is 11.3 Å². The minimum Gasteiger partial charge on any atom is -0.368 e. The molecule has 3 heterocycles. The van der Waals surface area contributed by atoms with Crippen LogP contribution in [0.3, 0.4) is 0 Å². The number of fused-ring (bicyclic) bond motifs is 1. The fourth-order valence-electron chi connectivity index (χ4n) is 3.70. The molecule has 158 valence electrons. The van der Waals surface area contributed by atoms with E-state index in [9.17, 15) is 13.2 Å². The van der Waals surface area contributed by atoms with E-state index in [4.69, 9.17) is 5.73 Å². The van der Waals surface area contributed by atoms with E-state index in [1.807, 2.05) is 30.3 Å². The lowest BCUT2D eigenvalue weighted by Crippen LogP contribution is -2.10. The average molecular weight is 424 g/mol. The molecule has 31 heavy (non-hydrogen) atoms. The summed E-state index contributed by atoms with van der Waals surface area (Å²) in [6, 6.07) is 11.8. The minimum atomic E-state index is -4.57. The maximum absolute atomic E-state index is 13.5. The Balaban J connectivity index is 1.81. The summed E-state index contributed by atoms with van der Waals surface area (Å²) in [4.78, 5) is 12.9. The molecule has 2 N–H and O–H groups in total. The number of alkyl halides is 3. The summed E-state index contributed by atoms with van der Waals surface area (Å²) < 4.78 is 41.9. The number of nitrogen functional groups attached to an aromatic ring is 1. The van der Waals surface area contributed by atoms with Gasteiger partial charge in [0.2, 0.25) is 5.95 Å². The van der Waals surface area contributed by atoms with E-state index in [1.165, 1.54) is 11.4 Å². The Morgan fingerprint density at radius 3 is 2.45 bits per heavy atom. The molecule has 3 aromatic heterocycles. The van der Waals surface area contributed by atoms with E-state index in [0.29, 0.717) is 40.6 Å². The zero-order valence-electron chi connectivity index (χ0n) is 16.7. The first kappa shape index (κ1) is 19.5. The highest BCUT2D eigenvalue weighted by Crippen LogP contribution is 2.38. The maximum Gasteiger partial charge on any atom is 0.433 e. The molecule has 0 amide bonds. The number of nitrogens with zero attached hydrogens (tertiary/aromatic N) is 5. The van der Waals surface area contributed by atoms with Crippen molar-refractivity contribution < 1.29 is 13.2 Å². The predicted molar refractivity (Wildman–Crippen MR) is 110 cm³/mol. The third kappa shape index (κ3) is 3.71. The first-order valence-electron chi connectivity index (χ1n) is 9.96. The lowest BCUT2D eigenvalue weighted by atomic mass is 9.99. The minimum absolute atomic E-state index is 0.133. The van der Waals surface area contributed by atoms with Gasteiger partial charge in [-0.15, -0.1) is 5.10 Å². The van der Waals surface area contributed by atoms with Crippen LogP contribution in [0.15, 0.2) is 42.5 Å². The van der Waals surface area contributed by atoms with Crippen molar-refractivity contribution >= 4 is 11.6 Å². The van der Waals surface area contributed by atoms with E-state index in [1.54, 1.807) is 6.07 Å². The van der Waals surface area contributed by atoms with Crippen LogP contribution in [0, 0.1) is 12.8 Å². The van der Waals surface area contributed by atoms with E-state index >= 15 is 0 Å². The molecular weight excluding hydrogens is 405 g/mol. The molecule has 4 aromatic rings. The molecule has 1 aromatic carbocycles. The number of rotatable bonds is 4. The zero-order valence-corrected chi connectivity index (χ0v) is 16.7. The Hall–Kier alpha value is -3.49. The number of hydrogen-bond donors (Lipinski definition) is 1. The molecule has 1 aliphatic carbocycles. The normalized spacial score (nSPS) is 14.3. The molecule has 1 aliphatic rings. The molecule has 1 fully saturated rings. The van der Waals surface area contributed by atoms with Gasteiger partial charge in [-0.2, -0.15) is 17.7 Å². The van der Waals surface area contributed by atoms with Crippen molar-refractivity contribution in [1.82, 2.24) is 24.6 Å². The lowest BCUT2D eigenvalue weighted by molar-refractivity contribution is -0.141. The van der Waals surface area contributed by atoms with Crippen molar-refractivity contribution in [3.63, 3.8) is 0 Å². The van der Waals surface area contributed by atoms with Crippen LogP contribution in [0.5, 0.6) is 0 Å². The molecule has 9 heteroatoms. The Kier molecular flexibility index (Phi) is 4.42. The third-order valence-electron chi connectivity index (χ3n) is 5.30. The molecule has 0 unspecified atom stereocenters. The van der Waals surface area contributed by atoms with E-state index in [2.05, 4.69) is 20.1 Å². The van der Waals surface area contributed by atoms with Crippen LogP contribution in [-0.4, -0.2) is 24.6 Å². The van der Waals surface area contributed by atoms with Gasteiger partial charge in [-0.1, -0.05) is 30.3 Å². The number of hydrogen-bond acceptors (Lipinski definition) is 5. The molecule has 0 spiro atoms. The van der Waals surface area contributed by atoms with Gasteiger partial charge >= 0.3 is 6.18 Å².